The van der Waals surface area contributed by atoms with E-state index in [1.165, 1.54) is 23.5 Å². The summed E-state index contributed by atoms with van der Waals surface area (Å²) in [5, 5.41) is 46.8. The molecule has 0 radical (unpaired) electrons. The molecule has 2 aliphatic rings. The molecule has 0 spiro atoms. The summed E-state index contributed by atoms with van der Waals surface area (Å²) in [5.74, 6) is -1.80. The van der Waals surface area contributed by atoms with Gasteiger partial charge in [0.25, 0.3) is 0 Å². The Kier molecular flexibility index (Phi) is 8.63. The third-order valence-corrected chi connectivity index (χ3v) is 11.3. The number of rotatable bonds is 4. The number of benzene rings is 3. The SMILES string of the molecule is Cc1cc2c(c(O)c1-c1c(C)cc3c(C(C)C)c(O)c(O)c(C(=S)S)c3c1O)C(=C1SCCCS1)C(=O)C(=O)C2C(C)C. The van der Waals surface area contributed by atoms with Gasteiger partial charge in [0, 0.05) is 27.6 Å². The summed E-state index contributed by atoms with van der Waals surface area (Å²) in [6.07, 6.45) is 0.973. The normalized spacial score (nSPS) is 17.4. The van der Waals surface area contributed by atoms with Crippen molar-refractivity contribution in [2.24, 2.45) is 5.92 Å². The van der Waals surface area contributed by atoms with E-state index in [1.807, 2.05) is 33.8 Å². The van der Waals surface area contributed by atoms with Crippen molar-refractivity contribution in [2.45, 2.75) is 59.8 Å². The molecule has 0 bridgehead atoms. The predicted molar refractivity (Wildman–Crippen MR) is 184 cm³/mol. The maximum Gasteiger partial charge on any atom is 0.231 e. The van der Waals surface area contributed by atoms with E-state index in [2.05, 4.69) is 12.6 Å². The van der Waals surface area contributed by atoms with E-state index >= 15 is 0 Å². The Morgan fingerprint density at radius 3 is 2.02 bits per heavy atom. The summed E-state index contributed by atoms with van der Waals surface area (Å²) in [7, 11) is 0. The van der Waals surface area contributed by atoms with Crippen LogP contribution in [0.15, 0.2) is 16.4 Å². The Balaban J connectivity index is 1.95. The highest BCUT2D eigenvalue weighted by Gasteiger charge is 2.43. The molecule has 1 heterocycles. The van der Waals surface area contributed by atoms with Gasteiger partial charge in [-0.05, 0) is 65.7 Å². The number of fused-ring (bicyclic) bond motifs is 2. The maximum atomic E-state index is 13.7. The lowest BCUT2D eigenvalue weighted by Crippen LogP contribution is -2.33. The molecule has 0 aromatic heterocycles. The zero-order valence-electron chi connectivity index (χ0n) is 24.8. The number of thiol groups is 1. The van der Waals surface area contributed by atoms with E-state index in [0.29, 0.717) is 44.3 Å². The fourth-order valence-electron chi connectivity index (χ4n) is 6.47. The van der Waals surface area contributed by atoms with Crippen molar-refractivity contribution in [2.75, 3.05) is 11.5 Å². The molecule has 10 heteroatoms. The zero-order valence-corrected chi connectivity index (χ0v) is 28.1. The van der Waals surface area contributed by atoms with Crippen LogP contribution in [0.5, 0.6) is 23.0 Å². The van der Waals surface area contributed by atoms with Crippen LogP contribution in [0.4, 0.5) is 0 Å². The topological polar surface area (TPSA) is 115 Å². The highest BCUT2D eigenvalue weighted by Crippen LogP contribution is 2.56. The van der Waals surface area contributed by atoms with Crippen molar-refractivity contribution < 1.29 is 30.0 Å². The van der Waals surface area contributed by atoms with Gasteiger partial charge in [0.2, 0.25) is 11.6 Å². The Labute approximate surface area is 270 Å². The number of thioether (sulfide) groups is 2. The minimum Gasteiger partial charge on any atom is -0.507 e. The van der Waals surface area contributed by atoms with Gasteiger partial charge in [-0.15, -0.1) is 36.2 Å². The number of carbonyl (C=O) groups excluding carboxylic acids is 2. The summed E-state index contributed by atoms with van der Waals surface area (Å²) < 4.78 is 0.703. The molecule has 1 unspecified atom stereocenters. The molecule has 226 valence electrons. The third kappa shape index (κ3) is 4.94. The highest BCUT2D eigenvalue weighted by molar-refractivity contribution is 8.23. The van der Waals surface area contributed by atoms with E-state index in [9.17, 15) is 30.0 Å². The number of carbonyl (C=O) groups is 2. The number of hydrogen-bond donors (Lipinski definition) is 5. The maximum absolute atomic E-state index is 13.7. The number of allylic oxidation sites excluding steroid dienone is 1. The number of phenols is 4. The minimum atomic E-state index is -0.711. The van der Waals surface area contributed by atoms with Gasteiger partial charge in [0.15, 0.2) is 11.5 Å². The molecule has 0 amide bonds. The van der Waals surface area contributed by atoms with Gasteiger partial charge in [-0.25, -0.2) is 0 Å². The Morgan fingerprint density at radius 1 is 0.884 bits per heavy atom. The quantitative estimate of drug-likeness (QED) is 0.0626. The largest absolute Gasteiger partial charge is 0.507 e. The summed E-state index contributed by atoms with van der Waals surface area (Å²) in [6.45, 7) is 11.1. The smallest absolute Gasteiger partial charge is 0.231 e. The monoisotopic (exact) mass is 654 g/mol. The van der Waals surface area contributed by atoms with Crippen molar-refractivity contribution in [3.63, 3.8) is 0 Å². The first-order valence-corrected chi connectivity index (χ1v) is 17.0. The van der Waals surface area contributed by atoms with Crippen LogP contribution in [0.1, 0.15) is 79.3 Å². The van der Waals surface area contributed by atoms with Crippen molar-refractivity contribution in [1.29, 1.82) is 0 Å². The number of aromatic hydroxyl groups is 4. The van der Waals surface area contributed by atoms with Crippen LogP contribution in [-0.2, 0) is 9.59 Å². The average molecular weight is 655 g/mol. The lowest BCUT2D eigenvalue weighted by molar-refractivity contribution is -0.135. The molecule has 3 aromatic rings. The second-order valence-corrected chi connectivity index (χ2v) is 15.4. The molecule has 4 N–H and O–H groups in total. The van der Waals surface area contributed by atoms with Crippen LogP contribution in [-0.4, -0.2) is 47.7 Å². The fourth-order valence-corrected chi connectivity index (χ4v) is 9.52. The van der Waals surface area contributed by atoms with Crippen molar-refractivity contribution >= 4 is 80.5 Å². The van der Waals surface area contributed by atoms with E-state index < -0.39 is 23.2 Å². The number of Topliss-reactive ketones (excluding diaryl/α,β-unsaturated/α-hetero) is 2. The van der Waals surface area contributed by atoms with Crippen molar-refractivity contribution in [3.8, 4) is 34.1 Å². The first-order chi connectivity index (χ1) is 20.2. The zero-order chi connectivity index (χ0) is 31.7. The summed E-state index contributed by atoms with van der Waals surface area (Å²) in [6, 6.07) is 3.64. The van der Waals surface area contributed by atoms with Crippen LogP contribution in [0.25, 0.3) is 27.5 Å². The van der Waals surface area contributed by atoms with Crippen LogP contribution in [0, 0.1) is 19.8 Å². The van der Waals surface area contributed by atoms with E-state index in [1.54, 1.807) is 19.9 Å². The molecule has 1 aliphatic carbocycles. The Hall–Kier alpha value is -2.66. The number of thiocarbonyl (C=S) groups is 1. The van der Waals surface area contributed by atoms with E-state index in [-0.39, 0.29) is 49.8 Å². The number of aryl methyl sites for hydroxylation is 2. The second kappa shape index (κ2) is 11.7. The molecular formula is C33H34O6S4. The van der Waals surface area contributed by atoms with Crippen molar-refractivity contribution in [1.82, 2.24) is 0 Å². The Bertz CT molecular complexity index is 1780. The first-order valence-electron chi connectivity index (χ1n) is 14.1. The molecule has 43 heavy (non-hydrogen) atoms. The van der Waals surface area contributed by atoms with Crippen LogP contribution in [0.3, 0.4) is 0 Å². The fraction of sp³-hybridized carbons (Fsp3) is 0.364. The summed E-state index contributed by atoms with van der Waals surface area (Å²) in [5.41, 5.74) is 3.45. The number of ketones is 2. The average Bonchev–Trinajstić information content (AvgIpc) is 2.92. The molecule has 0 saturated carbocycles. The van der Waals surface area contributed by atoms with Gasteiger partial charge >= 0.3 is 0 Å². The molecule has 1 atom stereocenters. The summed E-state index contributed by atoms with van der Waals surface area (Å²) in [4.78, 5) is 27.2. The third-order valence-electron chi connectivity index (χ3n) is 8.27. The number of hydrogen-bond acceptors (Lipinski definition) is 9. The molecular weight excluding hydrogens is 621 g/mol. The number of phenolic OH excluding ortho intramolecular Hbond substituents is 4. The van der Waals surface area contributed by atoms with Gasteiger partial charge in [-0.1, -0.05) is 52.0 Å². The lowest BCUT2D eigenvalue weighted by atomic mass is 9.71. The Morgan fingerprint density at radius 2 is 1.47 bits per heavy atom. The first kappa shape index (κ1) is 31.8. The molecule has 6 nitrogen and oxygen atoms in total. The van der Waals surface area contributed by atoms with Gasteiger partial charge in [0.1, 0.15) is 11.5 Å². The van der Waals surface area contributed by atoms with E-state index in [0.717, 1.165) is 22.2 Å². The lowest BCUT2D eigenvalue weighted by Gasteiger charge is -2.32. The van der Waals surface area contributed by atoms with Crippen LogP contribution in [0.2, 0.25) is 0 Å². The van der Waals surface area contributed by atoms with Gasteiger partial charge < -0.3 is 20.4 Å². The molecule has 1 aliphatic heterocycles. The highest BCUT2D eigenvalue weighted by atomic mass is 32.2. The molecule has 1 saturated heterocycles. The predicted octanol–water partition coefficient (Wildman–Crippen LogP) is 8.10. The second-order valence-electron chi connectivity index (χ2n) is 11.8. The van der Waals surface area contributed by atoms with Gasteiger partial charge in [-0.3, -0.25) is 9.59 Å². The van der Waals surface area contributed by atoms with Crippen LogP contribution >= 0.6 is 48.4 Å². The van der Waals surface area contributed by atoms with Crippen LogP contribution < -0.4 is 0 Å². The van der Waals surface area contributed by atoms with Crippen molar-refractivity contribution in [3.05, 3.63) is 49.8 Å². The molecule has 3 aromatic carbocycles. The van der Waals surface area contributed by atoms with E-state index in [4.69, 9.17) is 12.2 Å². The standard InChI is InChI=1S/C33H34O6S4/c1-12(2)18-16-10-14(5)20(26(34)22(16)24(32(40)41)30(38)28(18)36)21-15(6)11-17-19(13(3)4)29(37)31(39)25(23(17)27(21)35)33-42-8-7-9-43-33/h10-13,19,34-36,38H,7-9H2,1-6H3,(H,40,41). The van der Waals surface area contributed by atoms with Gasteiger partial charge in [0.05, 0.1) is 25.5 Å². The molecule has 5 rings (SSSR count). The minimum absolute atomic E-state index is 0.0162. The van der Waals surface area contributed by atoms with Gasteiger partial charge in [-0.2, -0.15) is 0 Å². The molecule has 1 fully saturated rings. The summed E-state index contributed by atoms with van der Waals surface area (Å²) >= 11 is 12.7.